The van der Waals surface area contributed by atoms with Gasteiger partial charge in [0.2, 0.25) is 5.95 Å². The monoisotopic (exact) mass is 367 g/mol. The molecule has 0 saturated heterocycles. The highest BCUT2D eigenvalue weighted by Gasteiger charge is 2.17. The van der Waals surface area contributed by atoms with Crippen molar-refractivity contribution >= 4 is 45.9 Å². The summed E-state index contributed by atoms with van der Waals surface area (Å²) in [7, 11) is 3.42. The summed E-state index contributed by atoms with van der Waals surface area (Å²) in [5.74, 6) is 0.345. The molecule has 126 valence electrons. The summed E-state index contributed by atoms with van der Waals surface area (Å²) in [5, 5.41) is 14.3. The van der Waals surface area contributed by atoms with Crippen LogP contribution < -0.4 is 10.5 Å². The summed E-state index contributed by atoms with van der Waals surface area (Å²) in [4.78, 5) is 21.3. The largest absolute Gasteiger partial charge is 0.396 e. The van der Waals surface area contributed by atoms with Crippen LogP contribution in [0, 0.1) is 0 Å². The first-order valence-electron chi connectivity index (χ1n) is 7.18. The van der Waals surface area contributed by atoms with Crippen LogP contribution in [0.25, 0.3) is 11.0 Å². The summed E-state index contributed by atoms with van der Waals surface area (Å²) in [6, 6.07) is 5.13. The molecule has 1 aromatic carbocycles. The number of hydrogen-bond acceptors (Lipinski definition) is 5. The van der Waals surface area contributed by atoms with Crippen molar-refractivity contribution in [1.29, 1.82) is 0 Å². The van der Waals surface area contributed by atoms with Crippen LogP contribution in [0.2, 0.25) is 10.0 Å². The van der Waals surface area contributed by atoms with Crippen LogP contribution >= 0.6 is 23.2 Å². The minimum atomic E-state index is -0.305. The Kier molecular flexibility index (Phi) is 4.49. The number of aromatic amines is 1. The molecule has 0 atom stereocenters. The Labute approximate surface area is 147 Å². The number of aliphatic hydroxyl groups excluding tert-OH is 1. The van der Waals surface area contributed by atoms with Crippen LogP contribution in [0.4, 0.5) is 11.6 Å². The van der Waals surface area contributed by atoms with E-state index in [1.807, 2.05) is 0 Å². The third-order valence-electron chi connectivity index (χ3n) is 3.71. The van der Waals surface area contributed by atoms with Crippen molar-refractivity contribution in [2.24, 2.45) is 7.05 Å². The maximum Gasteiger partial charge on any atom is 0.278 e. The van der Waals surface area contributed by atoms with Gasteiger partial charge in [-0.15, -0.1) is 0 Å². The molecule has 2 heterocycles. The Balaban J connectivity index is 2.13. The zero-order valence-electron chi connectivity index (χ0n) is 13.0. The highest BCUT2D eigenvalue weighted by atomic mass is 35.5. The summed E-state index contributed by atoms with van der Waals surface area (Å²) < 4.78 is 1.47. The molecule has 0 radical (unpaired) electrons. The van der Waals surface area contributed by atoms with Gasteiger partial charge in [0.05, 0.1) is 15.7 Å². The Morgan fingerprint density at radius 2 is 2.08 bits per heavy atom. The fourth-order valence-corrected chi connectivity index (χ4v) is 2.78. The van der Waals surface area contributed by atoms with Crippen molar-refractivity contribution < 1.29 is 5.11 Å². The van der Waals surface area contributed by atoms with Crippen LogP contribution in [-0.4, -0.2) is 38.5 Å². The van der Waals surface area contributed by atoms with E-state index >= 15 is 0 Å². The lowest BCUT2D eigenvalue weighted by Crippen LogP contribution is -2.19. The fraction of sp³-hybridized carbons (Fsp3) is 0.267. The van der Waals surface area contributed by atoms with E-state index in [-0.39, 0.29) is 12.2 Å². The van der Waals surface area contributed by atoms with E-state index in [9.17, 15) is 9.90 Å². The second-order valence-corrected chi connectivity index (χ2v) is 6.10. The minimum absolute atomic E-state index is 0.0709. The third kappa shape index (κ3) is 2.86. The topological polar surface area (TPSA) is 87.0 Å². The van der Waals surface area contributed by atoms with Crippen LogP contribution in [0.3, 0.4) is 0 Å². The molecule has 0 amide bonds. The van der Waals surface area contributed by atoms with Crippen LogP contribution in [0.15, 0.2) is 23.0 Å². The quantitative estimate of drug-likeness (QED) is 0.738. The molecular formula is C15H15Cl2N5O2. The van der Waals surface area contributed by atoms with Gasteiger partial charge < -0.3 is 10.0 Å². The van der Waals surface area contributed by atoms with Gasteiger partial charge in [0.25, 0.3) is 5.56 Å². The van der Waals surface area contributed by atoms with Crippen molar-refractivity contribution in [1.82, 2.24) is 19.7 Å². The van der Waals surface area contributed by atoms with Gasteiger partial charge >= 0.3 is 0 Å². The first kappa shape index (κ1) is 16.8. The predicted molar refractivity (Wildman–Crippen MR) is 94.4 cm³/mol. The Hall–Kier alpha value is -2.09. The number of benzene rings is 1. The first-order valence-corrected chi connectivity index (χ1v) is 7.93. The molecule has 2 N–H and O–H groups in total. The average molecular weight is 368 g/mol. The number of rotatable bonds is 4. The van der Waals surface area contributed by atoms with Crippen LogP contribution in [0.1, 0.15) is 5.69 Å². The van der Waals surface area contributed by atoms with Gasteiger partial charge in [-0.1, -0.05) is 23.2 Å². The zero-order valence-corrected chi connectivity index (χ0v) is 14.6. The second kappa shape index (κ2) is 6.43. The Morgan fingerprint density at radius 3 is 2.75 bits per heavy atom. The second-order valence-electron chi connectivity index (χ2n) is 5.29. The molecule has 0 fully saturated rings. The Morgan fingerprint density at radius 1 is 1.33 bits per heavy atom. The lowest BCUT2D eigenvalue weighted by Gasteiger charge is -2.18. The molecule has 3 rings (SSSR count). The predicted octanol–water partition coefficient (Wildman–Crippen LogP) is 2.27. The Bertz CT molecular complexity index is 966. The lowest BCUT2D eigenvalue weighted by molar-refractivity contribution is 0.298. The summed E-state index contributed by atoms with van der Waals surface area (Å²) in [6.45, 7) is -0.0709. The number of H-pyrrole nitrogens is 1. The molecule has 0 spiro atoms. The third-order valence-corrected chi connectivity index (χ3v) is 4.45. The number of aryl methyl sites for hydroxylation is 1. The highest BCUT2D eigenvalue weighted by molar-refractivity contribution is 6.42. The fourth-order valence-electron chi connectivity index (χ4n) is 2.48. The highest BCUT2D eigenvalue weighted by Crippen LogP contribution is 2.29. The maximum absolute atomic E-state index is 12.4. The molecule has 3 aromatic rings. The van der Waals surface area contributed by atoms with Crippen molar-refractivity contribution in [2.75, 3.05) is 18.6 Å². The lowest BCUT2D eigenvalue weighted by atomic mass is 10.2. The number of fused-ring (bicyclic) bond motifs is 1. The van der Waals surface area contributed by atoms with Crippen molar-refractivity contribution in [3.8, 4) is 0 Å². The molecule has 9 heteroatoms. The van der Waals surface area contributed by atoms with Crippen LogP contribution in [0.5, 0.6) is 0 Å². The minimum Gasteiger partial charge on any atom is -0.396 e. The maximum atomic E-state index is 12.4. The zero-order chi connectivity index (χ0) is 17.4. The molecule has 0 unspecified atom stereocenters. The molecular weight excluding hydrogens is 353 g/mol. The van der Waals surface area contributed by atoms with E-state index in [1.54, 1.807) is 37.2 Å². The van der Waals surface area contributed by atoms with Gasteiger partial charge in [0.15, 0.2) is 5.52 Å². The van der Waals surface area contributed by atoms with E-state index in [1.165, 1.54) is 4.68 Å². The van der Waals surface area contributed by atoms with E-state index in [0.717, 1.165) is 5.69 Å². The number of halogens is 2. The average Bonchev–Trinajstić information content (AvgIpc) is 2.86. The number of aromatic nitrogens is 4. The van der Waals surface area contributed by atoms with Crippen molar-refractivity contribution in [3.05, 3.63) is 44.3 Å². The van der Waals surface area contributed by atoms with E-state index < -0.39 is 0 Å². The van der Waals surface area contributed by atoms with Gasteiger partial charge in [0, 0.05) is 32.8 Å². The molecule has 24 heavy (non-hydrogen) atoms. The molecule has 0 bridgehead atoms. The smallest absolute Gasteiger partial charge is 0.278 e. The van der Waals surface area contributed by atoms with Gasteiger partial charge in [0.1, 0.15) is 5.52 Å². The molecule has 7 nitrogen and oxygen atoms in total. The van der Waals surface area contributed by atoms with Crippen LogP contribution in [-0.2, 0) is 13.5 Å². The number of aliphatic hydroxyl groups is 1. The number of nitrogens with one attached hydrogen (secondary N) is 1. The summed E-state index contributed by atoms with van der Waals surface area (Å²) in [6.07, 6.45) is 0.323. The number of hydrogen-bond donors (Lipinski definition) is 2. The van der Waals surface area contributed by atoms with E-state index in [2.05, 4.69) is 15.1 Å². The standard InChI is InChI=1S/C15H15Cl2N5O2/c1-21(8-3-4-9(16)10(17)7-8)15-18-12-11(5-6-23)20-22(2)13(12)14(24)19-15/h3-4,7,23H,5-6H2,1-2H3,(H,18,19,24). The van der Waals surface area contributed by atoms with Crippen molar-refractivity contribution in [3.63, 3.8) is 0 Å². The summed E-state index contributed by atoms with van der Waals surface area (Å²) >= 11 is 12.0. The summed E-state index contributed by atoms with van der Waals surface area (Å²) in [5.41, 5.74) is 1.83. The molecule has 0 aliphatic rings. The van der Waals surface area contributed by atoms with Gasteiger partial charge in [-0.3, -0.25) is 14.5 Å². The number of anilines is 2. The van der Waals surface area contributed by atoms with Crippen molar-refractivity contribution in [2.45, 2.75) is 6.42 Å². The van der Waals surface area contributed by atoms with E-state index in [4.69, 9.17) is 23.2 Å². The number of nitrogens with zero attached hydrogens (tertiary/aromatic N) is 4. The van der Waals surface area contributed by atoms with Gasteiger partial charge in [-0.05, 0) is 18.2 Å². The first-order chi connectivity index (χ1) is 11.4. The van der Waals surface area contributed by atoms with Gasteiger partial charge in [-0.2, -0.15) is 5.10 Å². The SMILES string of the molecule is CN(c1ccc(Cl)c(Cl)c1)c1nc2c(CCO)nn(C)c2c(=O)[nH]1. The molecule has 0 saturated carbocycles. The molecule has 0 aliphatic heterocycles. The molecule has 2 aromatic heterocycles. The molecule has 0 aliphatic carbocycles. The normalized spacial score (nSPS) is 11.2. The van der Waals surface area contributed by atoms with Gasteiger partial charge in [-0.25, -0.2) is 4.98 Å². The van der Waals surface area contributed by atoms with E-state index in [0.29, 0.717) is 39.1 Å².